The highest BCUT2D eigenvalue weighted by Crippen LogP contribution is 2.29. The third kappa shape index (κ3) is 3.93. The maximum absolute atomic E-state index is 12.9. The first-order valence-corrected chi connectivity index (χ1v) is 9.12. The highest BCUT2D eigenvalue weighted by molar-refractivity contribution is 5.81. The van der Waals surface area contributed by atoms with E-state index in [2.05, 4.69) is 5.32 Å². The Labute approximate surface area is 154 Å². The molecule has 1 aromatic carbocycles. The van der Waals surface area contributed by atoms with Crippen LogP contribution in [0.5, 0.6) is 11.5 Å². The van der Waals surface area contributed by atoms with E-state index in [0.717, 1.165) is 31.5 Å². The molecule has 2 amide bonds. The molecule has 7 heteroatoms. The summed E-state index contributed by atoms with van der Waals surface area (Å²) in [5, 5.41) is 3.10. The minimum Gasteiger partial charge on any atom is -0.496 e. The number of piperazine rings is 1. The summed E-state index contributed by atoms with van der Waals surface area (Å²) in [5.41, 5.74) is 0.767. The lowest BCUT2D eigenvalue weighted by Crippen LogP contribution is -2.57. The SMILES string of the molecule is COc1cccc(OC)c1CC(=O)N1CCCC(N2CCNCC2=O)C1. The third-order valence-corrected chi connectivity index (χ3v) is 5.17. The molecule has 0 spiro atoms. The molecule has 26 heavy (non-hydrogen) atoms. The molecular weight excluding hydrogens is 334 g/mol. The van der Waals surface area contributed by atoms with Crippen LogP contribution in [0.15, 0.2) is 18.2 Å². The Balaban J connectivity index is 1.69. The zero-order valence-corrected chi connectivity index (χ0v) is 15.5. The zero-order valence-electron chi connectivity index (χ0n) is 15.5. The number of ether oxygens (including phenoxy) is 2. The standard InChI is InChI=1S/C19H27N3O4/c1-25-16-6-3-7-17(26-2)15(16)11-18(23)21-9-4-5-14(13-21)22-10-8-20-12-19(22)24/h3,6-7,14,20H,4-5,8-13H2,1-2H3. The predicted molar refractivity (Wildman–Crippen MR) is 97.4 cm³/mol. The van der Waals surface area contributed by atoms with Crippen molar-refractivity contribution in [2.45, 2.75) is 25.3 Å². The molecule has 2 fully saturated rings. The van der Waals surface area contributed by atoms with Crippen molar-refractivity contribution in [3.63, 3.8) is 0 Å². The number of benzene rings is 1. The zero-order chi connectivity index (χ0) is 18.5. The number of methoxy groups -OCH3 is 2. The second-order valence-electron chi connectivity index (χ2n) is 6.72. The van der Waals surface area contributed by atoms with Crippen molar-refractivity contribution in [3.05, 3.63) is 23.8 Å². The van der Waals surface area contributed by atoms with Crippen molar-refractivity contribution in [3.8, 4) is 11.5 Å². The Morgan fingerprint density at radius 2 is 1.96 bits per heavy atom. The number of likely N-dealkylation sites (tertiary alicyclic amines) is 1. The minimum atomic E-state index is 0.0417. The van der Waals surface area contributed by atoms with Crippen molar-refractivity contribution in [1.82, 2.24) is 15.1 Å². The number of carbonyl (C=O) groups excluding carboxylic acids is 2. The predicted octanol–water partition coefficient (Wildman–Crippen LogP) is 0.669. The van der Waals surface area contributed by atoms with Crippen LogP contribution in [0.25, 0.3) is 0 Å². The van der Waals surface area contributed by atoms with Gasteiger partial charge in [0.05, 0.1) is 27.2 Å². The molecular formula is C19H27N3O4. The summed E-state index contributed by atoms with van der Waals surface area (Å²) in [7, 11) is 3.19. The first kappa shape index (κ1) is 18.5. The first-order chi connectivity index (χ1) is 12.6. The topological polar surface area (TPSA) is 71.1 Å². The Kier molecular flexibility index (Phi) is 5.98. The lowest BCUT2D eigenvalue weighted by Gasteiger charge is -2.41. The van der Waals surface area contributed by atoms with Crippen LogP contribution in [0.4, 0.5) is 0 Å². The minimum absolute atomic E-state index is 0.0417. The number of nitrogens with one attached hydrogen (secondary N) is 1. The Morgan fingerprint density at radius 3 is 2.62 bits per heavy atom. The van der Waals surface area contributed by atoms with Crippen LogP contribution in [-0.4, -0.2) is 74.6 Å². The quantitative estimate of drug-likeness (QED) is 0.835. The fourth-order valence-electron chi connectivity index (χ4n) is 3.81. The van der Waals surface area contributed by atoms with Gasteiger partial charge in [0.15, 0.2) is 0 Å². The van der Waals surface area contributed by atoms with Gasteiger partial charge < -0.3 is 24.6 Å². The highest BCUT2D eigenvalue weighted by Gasteiger charge is 2.32. The molecule has 1 atom stereocenters. The van der Waals surface area contributed by atoms with E-state index in [1.54, 1.807) is 14.2 Å². The van der Waals surface area contributed by atoms with Crippen LogP contribution in [0.3, 0.4) is 0 Å². The van der Waals surface area contributed by atoms with E-state index in [4.69, 9.17) is 9.47 Å². The fraction of sp³-hybridized carbons (Fsp3) is 0.579. The molecule has 7 nitrogen and oxygen atoms in total. The van der Waals surface area contributed by atoms with E-state index in [1.807, 2.05) is 28.0 Å². The van der Waals surface area contributed by atoms with E-state index in [0.29, 0.717) is 31.1 Å². The van der Waals surface area contributed by atoms with E-state index < -0.39 is 0 Å². The summed E-state index contributed by atoms with van der Waals surface area (Å²) in [6.07, 6.45) is 2.10. The molecule has 3 rings (SSSR count). The van der Waals surface area contributed by atoms with Gasteiger partial charge in [0.2, 0.25) is 11.8 Å². The normalized spacial score (nSPS) is 20.8. The molecule has 0 aromatic heterocycles. The Morgan fingerprint density at radius 1 is 1.23 bits per heavy atom. The molecule has 2 aliphatic heterocycles. The van der Waals surface area contributed by atoms with Crippen LogP contribution in [-0.2, 0) is 16.0 Å². The Bertz CT molecular complexity index is 642. The van der Waals surface area contributed by atoms with E-state index in [-0.39, 0.29) is 24.3 Å². The largest absolute Gasteiger partial charge is 0.496 e. The number of hydrogen-bond donors (Lipinski definition) is 1. The summed E-state index contributed by atoms with van der Waals surface area (Å²) < 4.78 is 10.8. The average Bonchev–Trinajstić information content (AvgIpc) is 2.68. The molecule has 2 aliphatic rings. The second kappa shape index (κ2) is 8.40. The van der Waals surface area contributed by atoms with Crippen molar-refractivity contribution in [1.29, 1.82) is 0 Å². The van der Waals surface area contributed by atoms with Crippen molar-refractivity contribution in [2.75, 3.05) is 46.9 Å². The Hall–Kier alpha value is -2.28. The van der Waals surface area contributed by atoms with Gasteiger partial charge in [-0.15, -0.1) is 0 Å². The second-order valence-corrected chi connectivity index (χ2v) is 6.72. The summed E-state index contributed by atoms with van der Waals surface area (Å²) in [6.45, 7) is 3.25. The molecule has 0 saturated carbocycles. The van der Waals surface area contributed by atoms with E-state index in [1.165, 1.54) is 0 Å². The molecule has 1 unspecified atom stereocenters. The van der Waals surface area contributed by atoms with Crippen LogP contribution in [0, 0.1) is 0 Å². The van der Waals surface area contributed by atoms with Gasteiger partial charge in [0.1, 0.15) is 11.5 Å². The average molecular weight is 361 g/mol. The van der Waals surface area contributed by atoms with E-state index in [9.17, 15) is 9.59 Å². The van der Waals surface area contributed by atoms with Gasteiger partial charge in [-0.2, -0.15) is 0 Å². The van der Waals surface area contributed by atoms with Gasteiger partial charge in [0.25, 0.3) is 0 Å². The molecule has 2 saturated heterocycles. The number of piperidine rings is 1. The number of nitrogens with zero attached hydrogens (tertiary/aromatic N) is 2. The van der Waals surface area contributed by atoms with Crippen LogP contribution >= 0.6 is 0 Å². The first-order valence-electron chi connectivity index (χ1n) is 9.12. The van der Waals surface area contributed by atoms with Gasteiger partial charge in [-0.1, -0.05) is 6.07 Å². The molecule has 1 aromatic rings. The lowest BCUT2D eigenvalue weighted by atomic mass is 10.0. The molecule has 2 heterocycles. The van der Waals surface area contributed by atoms with Gasteiger partial charge in [-0.3, -0.25) is 9.59 Å². The molecule has 0 radical (unpaired) electrons. The summed E-state index contributed by atoms with van der Waals surface area (Å²) in [5.74, 6) is 1.48. The highest BCUT2D eigenvalue weighted by atomic mass is 16.5. The molecule has 142 valence electrons. The van der Waals surface area contributed by atoms with E-state index >= 15 is 0 Å². The number of carbonyl (C=O) groups is 2. The van der Waals surface area contributed by atoms with Crippen LogP contribution < -0.4 is 14.8 Å². The van der Waals surface area contributed by atoms with Crippen molar-refractivity contribution >= 4 is 11.8 Å². The van der Waals surface area contributed by atoms with Gasteiger partial charge >= 0.3 is 0 Å². The molecule has 0 bridgehead atoms. The monoisotopic (exact) mass is 361 g/mol. The van der Waals surface area contributed by atoms with Crippen LogP contribution in [0.1, 0.15) is 18.4 Å². The van der Waals surface area contributed by atoms with Gasteiger partial charge in [-0.05, 0) is 25.0 Å². The number of rotatable bonds is 5. The maximum Gasteiger partial charge on any atom is 0.236 e. The fourth-order valence-corrected chi connectivity index (χ4v) is 3.81. The maximum atomic E-state index is 12.9. The summed E-state index contributed by atoms with van der Waals surface area (Å²) in [6, 6.07) is 5.63. The summed E-state index contributed by atoms with van der Waals surface area (Å²) in [4.78, 5) is 28.9. The van der Waals surface area contributed by atoms with Crippen molar-refractivity contribution in [2.24, 2.45) is 0 Å². The number of hydrogen-bond acceptors (Lipinski definition) is 5. The summed E-state index contributed by atoms with van der Waals surface area (Å²) >= 11 is 0. The molecule has 0 aliphatic carbocycles. The third-order valence-electron chi connectivity index (χ3n) is 5.17. The smallest absolute Gasteiger partial charge is 0.236 e. The van der Waals surface area contributed by atoms with Crippen molar-refractivity contribution < 1.29 is 19.1 Å². The van der Waals surface area contributed by atoms with Crippen LogP contribution in [0.2, 0.25) is 0 Å². The number of amides is 2. The lowest BCUT2D eigenvalue weighted by molar-refractivity contribution is -0.140. The van der Waals surface area contributed by atoms with Gasteiger partial charge in [-0.25, -0.2) is 0 Å². The van der Waals surface area contributed by atoms with Gasteiger partial charge in [0, 0.05) is 37.8 Å². The molecule has 1 N–H and O–H groups in total.